The molecule has 2 amide bonds. The maximum absolute atomic E-state index is 14.9. The van der Waals surface area contributed by atoms with Crippen LogP contribution in [0.4, 0.5) is 14.5 Å². The lowest BCUT2D eigenvalue weighted by molar-refractivity contribution is -0.117. The maximum Gasteiger partial charge on any atom is 0.346 e. The molecule has 1 aromatic heterocycles. The van der Waals surface area contributed by atoms with Gasteiger partial charge in [0.15, 0.2) is 0 Å². The molecule has 2 aromatic carbocycles. The van der Waals surface area contributed by atoms with Crippen molar-refractivity contribution in [3.8, 4) is 5.75 Å². The zero-order chi connectivity index (χ0) is 24.8. The summed E-state index contributed by atoms with van der Waals surface area (Å²) in [5, 5.41) is 10.9. The molecule has 6 nitrogen and oxygen atoms in total. The number of carbonyl (C=O) groups is 3. The SMILES string of the molecule is COc1cccc(F)c1C(C)(C)Sc1ccc(F)c(N2C(=O)Cc3csc(C(=O)O)c3C2=O)c1. The fourth-order valence-electron chi connectivity index (χ4n) is 3.96. The van der Waals surface area contributed by atoms with Crippen LogP contribution in [0.25, 0.3) is 0 Å². The van der Waals surface area contributed by atoms with E-state index in [1.807, 2.05) is 0 Å². The van der Waals surface area contributed by atoms with Crippen LogP contribution < -0.4 is 9.64 Å². The first-order valence-electron chi connectivity index (χ1n) is 10.1. The predicted molar refractivity (Wildman–Crippen MR) is 125 cm³/mol. The summed E-state index contributed by atoms with van der Waals surface area (Å²) in [4.78, 5) is 38.4. The number of hydrogen-bond donors (Lipinski definition) is 1. The van der Waals surface area contributed by atoms with Crippen molar-refractivity contribution in [2.45, 2.75) is 29.9 Å². The van der Waals surface area contributed by atoms with Crippen LogP contribution in [0.2, 0.25) is 0 Å². The first-order valence-corrected chi connectivity index (χ1v) is 11.8. The highest BCUT2D eigenvalue weighted by molar-refractivity contribution is 8.00. The molecule has 1 aliphatic heterocycles. The Morgan fingerprint density at radius 2 is 1.91 bits per heavy atom. The second-order valence-electron chi connectivity index (χ2n) is 8.02. The minimum Gasteiger partial charge on any atom is -0.496 e. The number of anilines is 1. The summed E-state index contributed by atoms with van der Waals surface area (Å²) >= 11 is 2.05. The van der Waals surface area contributed by atoms with E-state index < -0.39 is 34.2 Å². The number of methoxy groups -OCH3 is 1. The quantitative estimate of drug-likeness (QED) is 0.354. The number of carboxylic acid groups (broad SMARTS) is 1. The second kappa shape index (κ2) is 8.84. The van der Waals surface area contributed by atoms with Crippen LogP contribution in [0.1, 0.15) is 45.0 Å². The lowest BCUT2D eigenvalue weighted by Gasteiger charge is -2.29. The van der Waals surface area contributed by atoms with Gasteiger partial charge in [-0.3, -0.25) is 9.59 Å². The number of benzene rings is 2. The number of thiophene rings is 1. The average Bonchev–Trinajstić information content (AvgIpc) is 3.19. The number of hydrogen-bond acceptors (Lipinski definition) is 6. The van der Waals surface area contributed by atoms with E-state index in [4.69, 9.17) is 4.74 Å². The lowest BCUT2D eigenvalue weighted by atomic mass is 10.0. The molecule has 1 aliphatic rings. The Kier molecular flexibility index (Phi) is 6.22. The minimum atomic E-state index is -1.29. The summed E-state index contributed by atoms with van der Waals surface area (Å²) in [7, 11) is 1.44. The fourth-order valence-corrected chi connectivity index (χ4v) is 6.05. The van der Waals surface area contributed by atoms with Gasteiger partial charge in [-0.25, -0.2) is 18.5 Å². The van der Waals surface area contributed by atoms with E-state index in [9.17, 15) is 28.3 Å². The molecule has 10 heteroatoms. The number of thioether (sulfide) groups is 1. The Bertz CT molecular complexity index is 1330. The van der Waals surface area contributed by atoms with Gasteiger partial charge in [-0.15, -0.1) is 23.1 Å². The van der Waals surface area contributed by atoms with E-state index in [0.29, 0.717) is 26.7 Å². The van der Waals surface area contributed by atoms with E-state index in [-0.39, 0.29) is 22.5 Å². The number of imide groups is 1. The number of rotatable bonds is 6. The third-order valence-corrected chi connectivity index (χ3v) is 7.62. The van der Waals surface area contributed by atoms with Gasteiger partial charge in [-0.1, -0.05) is 6.07 Å². The number of fused-ring (bicyclic) bond motifs is 1. The molecule has 0 bridgehead atoms. The number of halogens is 2. The molecule has 34 heavy (non-hydrogen) atoms. The summed E-state index contributed by atoms with van der Waals surface area (Å²) in [5.41, 5.74) is 0.232. The predicted octanol–water partition coefficient (Wildman–Crippen LogP) is 5.49. The van der Waals surface area contributed by atoms with Gasteiger partial charge in [0.25, 0.3) is 5.91 Å². The molecule has 0 spiro atoms. The molecule has 0 unspecified atom stereocenters. The van der Waals surface area contributed by atoms with Crippen LogP contribution in [0.3, 0.4) is 0 Å². The van der Waals surface area contributed by atoms with Gasteiger partial charge in [0, 0.05) is 15.2 Å². The van der Waals surface area contributed by atoms with Crippen LogP contribution in [-0.4, -0.2) is 30.0 Å². The number of carbonyl (C=O) groups excluding carboxylic acids is 2. The molecule has 0 saturated heterocycles. The topological polar surface area (TPSA) is 83.9 Å². The van der Waals surface area contributed by atoms with Crippen LogP contribution in [-0.2, 0) is 16.0 Å². The van der Waals surface area contributed by atoms with Gasteiger partial charge >= 0.3 is 5.97 Å². The minimum absolute atomic E-state index is 0.106. The molecule has 0 radical (unpaired) electrons. The summed E-state index contributed by atoms with van der Waals surface area (Å²) < 4.78 is 34.0. The highest BCUT2D eigenvalue weighted by atomic mass is 32.2. The van der Waals surface area contributed by atoms with E-state index in [1.54, 1.807) is 19.9 Å². The van der Waals surface area contributed by atoms with Crippen LogP contribution in [0.15, 0.2) is 46.7 Å². The van der Waals surface area contributed by atoms with Crippen molar-refractivity contribution >= 4 is 46.6 Å². The van der Waals surface area contributed by atoms with E-state index >= 15 is 0 Å². The third kappa shape index (κ3) is 4.07. The molecular formula is C24H19F2NO5S2. The van der Waals surface area contributed by atoms with Crippen LogP contribution in [0, 0.1) is 11.6 Å². The van der Waals surface area contributed by atoms with Gasteiger partial charge in [0.2, 0.25) is 5.91 Å². The molecule has 3 aromatic rings. The zero-order valence-corrected chi connectivity index (χ0v) is 20.0. The largest absolute Gasteiger partial charge is 0.496 e. The van der Waals surface area contributed by atoms with Crippen molar-refractivity contribution in [2.24, 2.45) is 0 Å². The van der Waals surface area contributed by atoms with Gasteiger partial charge in [0.05, 0.1) is 24.8 Å². The van der Waals surface area contributed by atoms with E-state index in [1.165, 1.54) is 48.5 Å². The Balaban J connectivity index is 1.74. The molecule has 0 atom stereocenters. The van der Waals surface area contributed by atoms with Crippen molar-refractivity contribution in [1.29, 1.82) is 0 Å². The van der Waals surface area contributed by atoms with Crippen molar-refractivity contribution in [1.82, 2.24) is 0 Å². The molecule has 0 aliphatic carbocycles. The number of aromatic carboxylic acids is 1. The number of nitrogens with zero attached hydrogens (tertiary/aromatic N) is 1. The normalized spacial score (nSPS) is 13.7. The first kappa shape index (κ1) is 23.9. The summed E-state index contributed by atoms with van der Waals surface area (Å²) in [6, 6.07) is 8.42. The molecule has 1 N–H and O–H groups in total. The highest BCUT2D eigenvalue weighted by Crippen LogP contribution is 2.46. The number of carboxylic acids is 1. The van der Waals surface area contributed by atoms with Gasteiger partial charge in [0.1, 0.15) is 22.3 Å². The molecule has 0 fully saturated rings. The first-order chi connectivity index (χ1) is 16.0. The molecule has 4 rings (SSSR count). The van der Waals surface area contributed by atoms with Crippen molar-refractivity contribution in [2.75, 3.05) is 12.0 Å². The summed E-state index contributed by atoms with van der Waals surface area (Å²) in [6.07, 6.45) is -0.223. The zero-order valence-electron chi connectivity index (χ0n) is 18.3. The summed E-state index contributed by atoms with van der Waals surface area (Å²) in [5.74, 6) is -3.77. The third-order valence-electron chi connectivity index (χ3n) is 5.40. The molecular weight excluding hydrogens is 484 g/mol. The monoisotopic (exact) mass is 503 g/mol. The van der Waals surface area contributed by atoms with Crippen LogP contribution >= 0.6 is 23.1 Å². The Morgan fingerprint density at radius 3 is 2.59 bits per heavy atom. The Labute approximate surface area is 202 Å². The van der Waals surface area contributed by atoms with Crippen LogP contribution in [0.5, 0.6) is 5.75 Å². The van der Waals surface area contributed by atoms with Crippen molar-refractivity contribution < 1.29 is 33.0 Å². The van der Waals surface area contributed by atoms with E-state index in [2.05, 4.69) is 0 Å². The van der Waals surface area contributed by atoms with Gasteiger partial charge in [-0.05, 0) is 55.1 Å². The highest BCUT2D eigenvalue weighted by Gasteiger charge is 2.38. The van der Waals surface area contributed by atoms with Gasteiger partial charge < -0.3 is 9.84 Å². The standard InChI is InChI=1S/C24H19F2NO5S2/c1-24(2,20-15(26)5-4-6-17(20)32-3)34-13-7-8-14(25)16(10-13)27-18(28)9-12-11-33-21(23(30)31)19(12)22(27)29/h4-8,10-11H,9H2,1-3H3,(H,30,31). The Hall–Kier alpha value is -3.24. The number of amides is 2. The maximum atomic E-state index is 14.9. The Morgan fingerprint density at radius 1 is 1.18 bits per heavy atom. The smallest absolute Gasteiger partial charge is 0.346 e. The van der Waals surface area contributed by atoms with Crippen molar-refractivity contribution in [3.63, 3.8) is 0 Å². The average molecular weight is 504 g/mol. The molecule has 2 heterocycles. The fraction of sp³-hybridized carbons (Fsp3) is 0.208. The molecule has 0 saturated carbocycles. The number of ether oxygens (including phenoxy) is 1. The van der Waals surface area contributed by atoms with Crippen molar-refractivity contribution in [3.05, 3.63) is 75.0 Å². The molecule has 176 valence electrons. The lowest BCUT2D eigenvalue weighted by Crippen LogP contribution is -2.43. The van der Waals surface area contributed by atoms with Gasteiger partial charge in [-0.2, -0.15) is 0 Å². The second-order valence-corrected chi connectivity index (χ2v) is 10.6. The van der Waals surface area contributed by atoms with E-state index in [0.717, 1.165) is 17.4 Å². The summed E-state index contributed by atoms with van der Waals surface area (Å²) in [6.45, 7) is 3.55.